The average Bonchev–Trinajstić information content (AvgIpc) is 3.17. The second-order valence-electron chi connectivity index (χ2n) is 5.91. The molecule has 0 aliphatic heterocycles. The van der Waals surface area contributed by atoms with Gasteiger partial charge in [-0.1, -0.05) is 29.8 Å². The molecule has 0 atom stereocenters. The third kappa shape index (κ3) is 4.82. The van der Waals surface area contributed by atoms with Crippen molar-refractivity contribution in [1.29, 1.82) is 0 Å². The quantitative estimate of drug-likeness (QED) is 0.344. The summed E-state index contributed by atoms with van der Waals surface area (Å²) in [7, 11) is 1.56. The summed E-state index contributed by atoms with van der Waals surface area (Å²) in [4.78, 5) is 0. The number of nitrogens with zero attached hydrogens (tertiary/aromatic N) is 4. The van der Waals surface area contributed by atoms with Crippen LogP contribution in [-0.2, 0) is 6.61 Å². The van der Waals surface area contributed by atoms with Crippen LogP contribution in [0.3, 0.4) is 0 Å². The van der Waals surface area contributed by atoms with Gasteiger partial charge in [0.1, 0.15) is 6.61 Å². The molecule has 0 unspecified atom stereocenters. The van der Waals surface area contributed by atoms with Gasteiger partial charge in [-0.25, -0.2) is 4.63 Å². The molecule has 0 saturated carbocycles. The Bertz CT molecular complexity index is 1060. The second-order valence-corrected chi connectivity index (χ2v) is 6.32. The molecule has 0 saturated heterocycles. The van der Waals surface area contributed by atoms with Gasteiger partial charge in [-0.15, -0.1) is 5.10 Å². The van der Waals surface area contributed by atoms with Crippen LogP contribution in [0.2, 0.25) is 5.02 Å². The zero-order valence-electron chi connectivity index (χ0n) is 15.8. The maximum Gasteiger partial charge on any atom is 0.199 e. The Labute approximate surface area is 171 Å². The van der Waals surface area contributed by atoms with E-state index in [1.165, 1.54) is 0 Å². The molecular weight excluding hydrogens is 396 g/mol. The highest BCUT2D eigenvalue weighted by Gasteiger charge is 2.11. The van der Waals surface area contributed by atoms with Crippen LogP contribution in [0.4, 0.5) is 5.82 Å². The van der Waals surface area contributed by atoms with E-state index in [1.54, 1.807) is 26.2 Å². The Balaban J connectivity index is 1.77. The molecule has 29 heavy (non-hydrogen) atoms. The molecule has 2 aromatic carbocycles. The number of nitrogen functional groups attached to an aromatic ring is 1. The first-order chi connectivity index (χ1) is 14.0. The molecule has 0 amide bonds. The second kappa shape index (κ2) is 9.07. The molecule has 0 aliphatic carbocycles. The van der Waals surface area contributed by atoms with E-state index in [1.807, 2.05) is 30.3 Å². The van der Waals surface area contributed by atoms with Gasteiger partial charge in [-0.3, -0.25) is 0 Å². The summed E-state index contributed by atoms with van der Waals surface area (Å²) in [6.45, 7) is 2.09. The van der Waals surface area contributed by atoms with Crippen molar-refractivity contribution in [2.24, 2.45) is 15.9 Å². The first-order valence-electron chi connectivity index (χ1n) is 8.50. The summed E-state index contributed by atoms with van der Waals surface area (Å²) in [5, 5.41) is 15.7. The lowest BCUT2D eigenvalue weighted by Crippen LogP contribution is -2.15. The average molecular weight is 415 g/mol. The van der Waals surface area contributed by atoms with Crippen LogP contribution in [-0.4, -0.2) is 29.0 Å². The molecular formula is C19H19ClN6O3. The highest BCUT2D eigenvalue weighted by atomic mass is 35.5. The van der Waals surface area contributed by atoms with E-state index in [2.05, 4.69) is 25.1 Å². The van der Waals surface area contributed by atoms with Crippen molar-refractivity contribution in [2.75, 3.05) is 12.8 Å². The molecule has 0 fully saturated rings. The SMILES string of the molecule is COc1cc(C(C)=NN=C(N)c2nonc2N)ccc1OCc1ccccc1Cl. The fourth-order valence-electron chi connectivity index (χ4n) is 2.39. The molecule has 4 N–H and O–H groups in total. The number of aromatic nitrogens is 2. The number of hydrogen-bond donors (Lipinski definition) is 2. The first kappa shape index (κ1) is 20.2. The van der Waals surface area contributed by atoms with Gasteiger partial charge >= 0.3 is 0 Å². The van der Waals surface area contributed by atoms with Crippen molar-refractivity contribution in [3.8, 4) is 11.5 Å². The Morgan fingerprint density at radius 3 is 2.62 bits per heavy atom. The number of methoxy groups -OCH3 is 1. The third-order valence-electron chi connectivity index (χ3n) is 3.99. The van der Waals surface area contributed by atoms with E-state index >= 15 is 0 Å². The van der Waals surface area contributed by atoms with Crippen molar-refractivity contribution in [3.05, 3.63) is 64.3 Å². The van der Waals surface area contributed by atoms with Crippen molar-refractivity contribution in [3.63, 3.8) is 0 Å². The van der Waals surface area contributed by atoms with Crippen molar-refractivity contribution >= 4 is 29.0 Å². The zero-order chi connectivity index (χ0) is 20.8. The molecule has 3 rings (SSSR count). The van der Waals surface area contributed by atoms with Crippen molar-refractivity contribution < 1.29 is 14.1 Å². The molecule has 9 nitrogen and oxygen atoms in total. The molecule has 0 spiro atoms. The summed E-state index contributed by atoms with van der Waals surface area (Å²) in [6, 6.07) is 12.9. The van der Waals surface area contributed by atoms with E-state index in [9.17, 15) is 0 Å². The minimum atomic E-state index is -0.00485. The molecule has 1 aromatic heterocycles. The molecule has 0 bridgehead atoms. The highest BCUT2D eigenvalue weighted by Crippen LogP contribution is 2.30. The van der Waals surface area contributed by atoms with E-state index in [-0.39, 0.29) is 17.3 Å². The molecule has 0 radical (unpaired) electrons. The fourth-order valence-corrected chi connectivity index (χ4v) is 2.58. The number of anilines is 1. The number of halogens is 1. The Kier molecular flexibility index (Phi) is 6.30. The van der Waals surface area contributed by atoms with Gasteiger partial charge < -0.3 is 20.9 Å². The lowest BCUT2D eigenvalue weighted by Gasteiger charge is -2.12. The molecule has 150 valence electrons. The van der Waals surface area contributed by atoms with Crippen LogP contribution in [0.25, 0.3) is 0 Å². The molecule has 1 heterocycles. The van der Waals surface area contributed by atoms with E-state index in [0.717, 1.165) is 11.1 Å². The third-order valence-corrected chi connectivity index (χ3v) is 4.36. The molecule has 0 aliphatic rings. The van der Waals surface area contributed by atoms with E-state index in [4.69, 9.17) is 32.5 Å². The topological polar surface area (TPSA) is 134 Å². The van der Waals surface area contributed by atoms with Gasteiger partial charge in [-0.2, -0.15) is 5.10 Å². The van der Waals surface area contributed by atoms with Crippen LogP contribution in [0, 0.1) is 0 Å². The smallest absolute Gasteiger partial charge is 0.199 e. The maximum atomic E-state index is 6.17. The van der Waals surface area contributed by atoms with Gasteiger partial charge in [-0.05, 0) is 41.5 Å². The van der Waals surface area contributed by atoms with Crippen LogP contribution in [0.1, 0.15) is 23.7 Å². The molecule has 3 aromatic rings. The lowest BCUT2D eigenvalue weighted by atomic mass is 10.1. The van der Waals surface area contributed by atoms with E-state index < -0.39 is 0 Å². The van der Waals surface area contributed by atoms with Gasteiger partial charge in [0.25, 0.3) is 0 Å². The van der Waals surface area contributed by atoms with Gasteiger partial charge in [0.05, 0.1) is 12.8 Å². The number of benzene rings is 2. The van der Waals surface area contributed by atoms with Crippen molar-refractivity contribution in [2.45, 2.75) is 13.5 Å². The van der Waals surface area contributed by atoms with Crippen LogP contribution < -0.4 is 20.9 Å². The number of nitrogens with two attached hydrogens (primary N) is 2. The first-order valence-corrected chi connectivity index (χ1v) is 8.88. The summed E-state index contributed by atoms with van der Waals surface area (Å²) in [5.41, 5.74) is 13.8. The predicted octanol–water partition coefficient (Wildman–Crippen LogP) is 3.02. The summed E-state index contributed by atoms with van der Waals surface area (Å²) < 4.78 is 15.8. The van der Waals surface area contributed by atoms with Gasteiger partial charge in [0, 0.05) is 16.1 Å². The fraction of sp³-hybridized carbons (Fsp3) is 0.158. The standard InChI is InChI=1S/C19H19ClN6O3/c1-11(23-24-18(21)17-19(22)26-29-25-17)12-7-8-15(16(9-12)27-2)28-10-13-5-3-4-6-14(13)20/h3-9H,10H2,1-2H3,(H2,21,24)(H2,22,26). The Morgan fingerprint density at radius 1 is 1.14 bits per heavy atom. The maximum absolute atomic E-state index is 6.17. The largest absolute Gasteiger partial charge is 0.493 e. The Hall–Kier alpha value is -3.59. The van der Waals surface area contributed by atoms with Gasteiger partial charge in [0.2, 0.25) is 0 Å². The minimum absolute atomic E-state index is 0.00485. The number of amidine groups is 1. The minimum Gasteiger partial charge on any atom is -0.493 e. The van der Waals surface area contributed by atoms with Crippen LogP contribution in [0.5, 0.6) is 11.5 Å². The van der Waals surface area contributed by atoms with Crippen LogP contribution in [0.15, 0.2) is 57.3 Å². The zero-order valence-corrected chi connectivity index (χ0v) is 16.6. The summed E-state index contributed by atoms with van der Waals surface area (Å²) in [6.07, 6.45) is 0. The number of rotatable bonds is 7. The van der Waals surface area contributed by atoms with Gasteiger partial charge in [0.15, 0.2) is 28.8 Å². The lowest BCUT2D eigenvalue weighted by molar-refractivity contribution is 0.284. The highest BCUT2D eigenvalue weighted by molar-refractivity contribution is 6.31. The number of hydrogen-bond acceptors (Lipinski definition) is 8. The monoisotopic (exact) mass is 414 g/mol. The van der Waals surface area contributed by atoms with Crippen LogP contribution >= 0.6 is 11.6 Å². The Morgan fingerprint density at radius 2 is 1.93 bits per heavy atom. The summed E-state index contributed by atoms with van der Waals surface area (Å²) >= 11 is 6.17. The van der Waals surface area contributed by atoms with E-state index in [0.29, 0.717) is 28.8 Å². The van der Waals surface area contributed by atoms with Crippen molar-refractivity contribution in [1.82, 2.24) is 10.3 Å². The predicted molar refractivity (Wildman–Crippen MR) is 110 cm³/mol. The normalized spacial score (nSPS) is 12.1. The molecule has 10 heteroatoms. The summed E-state index contributed by atoms with van der Waals surface area (Å²) in [5.74, 6) is 1.16. The number of ether oxygens (including phenoxy) is 2.